The SMILES string of the molecule is CC(C)N1CCC2(CC1)CCN(C1CN(C)C1)CC2. The molecule has 3 aliphatic heterocycles. The zero-order valence-corrected chi connectivity index (χ0v) is 13.1. The molecule has 3 aliphatic rings. The molecule has 0 aromatic heterocycles. The zero-order chi connectivity index (χ0) is 13.5. The van der Waals surface area contributed by atoms with Gasteiger partial charge >= 0.3 is 0 Å². The summed E-state index contributed by atoms with van der Waals surface area (Å²) < 4.78 is 0. The number of hydrogen-bond acceptors (Lipinski definition) is 3. The molecule has 3 nitrogen and oxygen atoms in total. The zero-order valence-electron chi connectivity index (χ0n) is 13.1. The monoisotopic (exact) mass is 265 g/mol. The van der Waals surface area contributed by atoms with Gasteiger partial charge in [-0.1, -0.05) is 0 Å². The molecule has 0 atom stereocenters. The minimum absolute atomic E-state index is 0.706. The van der Waals surface area contributed by atoms with Gasteiger partial charge in [-0.05, 0) is 78.2 Å². The predicted molar refractivity (Wildman–Crippen MR) is 80.5 cm³/mol. The molecule has 0 aromatic rings. The Morgan fingerprint density at radius 3 is 1.89 bits per heavy atom. The van der Waals surface area contributed by atoms with Crippen LogP contribution in [0.1, 0.15) is 39.5 Å². The summed E-state index contributed by atoms with van der Waals surface area (Å²) >= 11 is 0. The molecule has 3 fully saturated rings. The van der Waals surface area contributed by atoms with Gasteiger partial charge < -0.3 is 9.80 Å². The van der Waals surface area contributed by atoms with Crippen molar-refractivity contribution in [3.8, 4) is 0 Å². The average Bonchev–Trinajstić information content (AvgIpc) is 2.37. The van der Waals surface area contributed by atoms with Gasteiger partial charge in [-0.25, -0.2) is 0 Å². The van der Waals surface area contributed by atoms with Gasteiger partial charge in [0.2, 0.25) is 0 Å². The lowest BCUT2D eigenvalue weighted by atomic mass is 9.70. The highest BCUT2D eigenvalue weighted by Gasteiger charge is 2.40. The molecule has 19 heavy (non-hydrogen) atoms. The quantitative estimate of drug-likeness (QED) is 0.755. The molecule has 0 aromatic carbocycles. The molecule has 0 bridgehead atoms. The highest BCUT2D eigenvalue weighted by molar-refractivity contribution is 4.95. The Bertz CT molecular complexity index is 291. The fourth-order valence-electron chi connectivity index (χ4n) is 4.28. The first-order valence-corrected chi connectivity index (χ1v) is 8.25. The third-order valence-corrected chi connectivity index (χ3v) is 6.01. The van der Waals surface area contributed by atoms with Crippen molar-refractivity contribution in [1.82, 2.24) is 14.7 Å². The van der Waals surface area contributed by atoms with Gasteiger partial charge in [-0.3, -0.25) is 4.90 Å². The summed E-state index contributed by atoms with van der Waals surface area (Å²) in [7, 11) is 2.24. The molecule has 3 heteroatoms. The van der Waals surface area contributed by atoms with E-state index in [1.54, 1.807) is 0 Å². The third-order valence-electron chi connectivity index (χ3n) is 6.01. The minimum atomic E-state index is 0.706. The second kappa shape index (κ2) is 5.34. The Labute approximate surface area is 118 Å². The van der Waals surface area contributed by atoms with Gasteiger partial charge in [0, 0.05) is 25.2 Å². The Kier molecular flexibility index (Phi) is 3.89. The van der Waals surface area contributed by atoms with E-state index >= 15 is 0 Å². The van der Waals surface area contributed by atoms with Crippen molar-refractivity contribution in [3.63, 3.8) is 0 Å². The molecule has 110 valence electrons. The van der Waals surface area contributed by atoms with Crippen molar-refractivity contribution in [2.24, 2.45) is 5.41 Å². The van der Waals surface area contributed by atoms with Gasteiger partial charge in [0.1, 0.15) is 0 Å². The molecule has 0 saturated carbocycles. The highest BCUT2D eigenvalue weighted by Crippen LogP contribution is 2.42. The van der Waals surface area contributed by atoms with Crippen molar-refractivity contribution < 1.29 is 0 Å². The largest absolute Gasteiger partial charge is 0.303 e. The molecular weight excluding hydrogens is 234 g/mol. The van der Waals surface area contributed by atoms with E-state index in [0.717, 1.165) is 12.1 Å². The van der Waals surface area contributed by atoms with Crippen molar-refractivity contribution in [3.05, 3.63) is 0 Å². The number of rotatable bonds is 2. The van der Waals surface area contributed by atoms with Gasteiger partial charge in [0.15, 0.2) is 0 Å². The molecule has 0 unspecified atom stereocenters. The highest BCUT2D eigenvalue weighted by atomic mass is 15.3. The summed E-state index contributed by atoms with van der Waals surface area (Å²) in [6.45, 7) is 12.7. The molecule has 0 radical (unpaired) electrons. The molecule has 0 amide bonds. The molecule has 0 N–H and O–H groups in total. The van der Waals surface area contributed by atoms with E-state index < -0.39 is 0 Å². The second-order valence-corrected chi connectivity index (χ2v) is 7.54. The Balaban J connectivity index is 1.47. The van der Waals surface area contributed by atoms with E-state index in [2.05, 4.69) is 35.6 Å². The molecule has 3 saturated heterocycles. The first-order chi connectivity index (χ1) is 9.08. The second-order valence-electron chi connectivity index (χ2n) is 7.54. The van der Waals surface area contributed by atoms with Gasteiger partial charge in [0.25, 0.3) is 0 Å². The number of likely N-dealkylation sites (tertiary alicyclic amines) is 3. The fourth-order valence-corrected chi connectivity index (χ4v) is 4.28. The van der Waals surface area contributed by atoms with Crippen LogP contribution in [0.2, 0.25) is 0 Å². The number of piperidine rings is 2. The normalized spacial score (nSPS) is 30.9. The number of likely N-dealkylation sites (N-methyl/N-ethyl adjacent to an activating group) is 1. The smallest absolute Gasteiger partial charge is 0.0350 e. The van der Waals surface area contributed by atoms with Crippen LogP contribution in [0.4, 0.5) is 0 Å². The van der Waals surface area contributed by atoms with Crippen LogP contribution >= 0.6 is 0 Å². The van der Waals surface area contributed by atoms with Crippen LogP contribution in [-0.2, 0) is 0 Å². The van der Waals surface area contributed by atoms with Crippen LogP contribution in [0.3, 0.4) is 0 Å². The van der Waals surface area contributed by atoms with E-state index in [4.69, 9.17) is 0 Å². The van der Waals surface area contributed by atoms with Crippen molar-refractivity contribution in [1.29, 1.82) is 0 Å². The van der Waals surface area contributed by atoms with E-state index in [0.29, 0.717) is 5.41 Å². The summed E-state index contributed by atoms with van der Waals surface area (Å²) in [4.78, 5) is 7.87. The first kappa shape index (κ1) is 13.8. The first-order valence-electron chi connectivity index (χ1n) is 8.25. The Hall–Kier alpha value is -0.120. The Morgan fingerprint density at radius 2 is 1.42 bits per heavy atom. The molecular formula is C16H31N3. The minimum Gasteiger partial charge on any atom is -0.303 e. The summed E-state index contributed by atoms with van der Waals surface area (Å²) in [5.41, 5.74) is 0.706. The molecule has 3 rings (SSSR count). The fraction of sp³-hybridized carbons (Fsp3) is 1.00. The van der Waals surface area contributed by atoms with Crippen molar-refractivity contribution in [2.45, 2.75) is 51.6 Å². The molecule has 3 heterocycles. The summed E-state index contributed by atoms with van der Waals surface area (Å²) in [5.74, 6) is 0. The van der Waals surface area contributed by atoms with E-state index in [1.165, 1.54) is 65.0 Å². The van der Waals surface area contributed by atoms with Gasteiger partial charge in [-0.2, -0.15) is 0 Å². The van der Waals surface area contributed by atoms with Gasteiger partial charge in [0.05, 0.1) is 0 Å². The van der Waals surface area contributed by atoms with Crippen LogP contribution in [0.15, 0.2) is 0 Å². The van der Waals surface area contributed by atoms with E-state index in [1.807, 2.05) is 0 Å². The number of nitrogens with zero attached hydrogens (tertiary/aromatic N) is 3. The molecule has 0 aliphatic carbocycles. The topological polar surface area (TPSA) is 9.72 Å². The van der Waals surface area contributed by atoms with Crippen LogP contribution < -0.4 is 0 Å². The maximum Gasteiger partial charge on any atom is 0.0350 e. The van der Waals surface area contributed by atoms with E-state index in [9.17, 15) is 0 Å². The lowest BCUT2D eigenvalue weighted by Crippen LogP contribution is -2.60. The van der Waals surface area contributed by atoms with E-state index in [-0.39, 0.29) is 0 Å². The van der Waals surface area contributed by atoms with Crippen LogP contribution in [-0.4, -0.2) is 73.1 Å². The van der Waals surface area contributed by atoms with Crippen LogP contribution in [0.25, 0.3) is 0 Å². The maximum absolute atomic E-state index is 2.76. The van der Waals surface area contributed by atoms with Crippen LogP contribution in [0.5, 0.6) is 0 Å². The van der Waals surface area contributed by atoms with Crippen LogP contribution in [0, 0.1) is 5.41 Å². The summed E-state index contributed by atoms with van der Waals surface area (Å²) in [5, 5.41) is 0. The molecule has 1 spiro atoms. The van der Waals surface area contributed by atoms with Crippen molar-refractivity contribution in [2.75, 3.05) is 46.3 Å². The lowest BCUT2D eigenvalue weighted by molar-refractivity contribution is -0.0198. The Morgan fingerprint density at radius 1 is 0.895 bits per heavy atom. The average molecular weight is 265 g/mol. The maximum atomic E-state index is 2.76. The predicted octanol–water partition coefficient (Wildman–Crippen LogP) is 1.89. The lowest BCUT2D eigenvalue weighted by Gasteiger charge is -2.52. The van der Waals surface area contributed by atoms with Gasteiger partial charge in [-0.15, -0.1) is 0 Å². The summed E-state index contributed by atoms with van der Waals surface area (Å²) in [6.07, 6.45) is 5.81. The third kappa shape index (κ3) is 2.84. The summed E-state index contributed by atoms with van der Waals surface area (Å²) in [6, 6.07) is 1.61. The number of hydrogen-bond donors (Lipinski definition) is 0. The standard InChI is InChI=1S/C16H31N3/c1-14(2)18-8-4-16(5-9-18)6-10-19(11-7-16)15-12-17(3)13-15/h14-15H,4-13H2,1-3H3. The van der Waals surface area contributed by atoms with Crippen molar-refractivity contribution >= 4 is 0 Å².